The Morgan fingerprint density at radius 3 is 2.59 bits per heavy atom. The van der Waals surface area contributed by atoms with Crippen molar-refractivity contribution in [1.82, 2.24) is 15.1 Å². The van der Waals surface area contributed by atoms with Crippen LogP contribution in [0.1, 0.15) is 12.0 Å². The molecule has 0 radical (unpaired) electrons. The van der Waals surface area contributed by atoms with Gasteiger partial charge in [0.1, 0.15) is 6.73 Å². The van der Waals surface area contributed by atoms with Crippen molar-refractivity contribution in [2.75, 3.05) is 26.4 Å². The van der Waals surface area contributed by atoms with E-state index in [4.69, 9.17) is 4.74 Å². The number of carbonyl (C=O) groups is 3. The molecular weight excluding hydrogens is 518 g/mol. The molecule has 0 spiro atoms. The second kappa shape index (κ2) is 9.41. The predicted molar refractivity (Wildman–Crippen MR) is 134 cm³/mol. The monoisotopic (exact) mass is 547 g/mol. The van der Waals surface area contributed by atoms with Crippen molar-refractivity contribution in [3.63, 3.8) is 0 Å². The Bertz CT molecular complexity index is 1070. The van der Waals surface area contributed by atoms with Gasteiger partial charge in [0.15, 0.2) is 5.54 Å². The Kier molecular flexibility index (Phi) is 6.87. The molecule has 3 aliphatic rings. The van der Waals surface area contributed by atoms with E-state index in [1.165, 1.54) is 0 Å². The topological polar surface area (TPSA) is 99.2 Å². The average Bonchev–Trinajstić information content (AvgIpc) is 3.19. The molecule has 4 amide bonds. The van der Waals surface area contributed by atoms with Crippen molar-refractivity contribution < 1.29 is 24.2 Å². The summed E-state index contributed by atoms with van der Waals surface area (Å²) < 4.78 is 6.54. The van der Waals surface area contributed by atoms with Gasteiger partial charge in [-0.2, -0.15) is 0 Å². The Hall–Kier alpha value is -2.27. The highest BCUT2D eigenvalue weighted by atomic mass is 79.9. The maximum absolute atomic E-state index is 13.7. The van der Waals surface area contributed by atoms with Crippen molar-refractivity contribution in [3.8, 4) is 0 Å². The van der Waals surface area contributed by atoms with Gasteiger partial charge in [0.05, 0.1) is 12.6 Å². The number of nitrogens with one attached hydrogen (secondary N) is 1. The number of hydrogen-bond acceptors (Lipinski definition) is 5. The summed E-state index contributed by atoms with van der Waals surface area (Å²) in [4.78, 5) is 42.5. The van der Waals surface area contributed by atoms with Gasteiger partial charge in [-0.05, 0) is 29.3 Å². The van der Waals surface area contributed by atoms with Gasteiger partial charge < -0.3 is 20.1 Å². The van der Waals surface area contributed by atoms with Crippen molar-refractivity contribution >= 4 is 41.8 Å². The molecule has 0 aromatic heterocycles. The van der Waals surface area contributed by atoms with Crippen molar-refractivity contribution in [2.24, 2.45) is 0 Å². The normalized spacial score (nSPS) is 24.9. The molecule has 2 N–H and O–H groups in total. The number of rotatable bonds is 8. The number of carbonyl (C=O) groups excluding carboxylic acids is 3. The molecule has 1 aliphatic carbocycles. The summed E-state index contributed by atoms with van der Waals surface area (Å²) in [7, 11) is -1.31. The molecule has 2 aliphatic heterocycles. The first-order valence-corrected chi connectivity index (χ1v) is 15.9. The van der Waals surface area contributed by atoms with Gasteiger partial charge in [-0.15, -0.1) is 0 Å². The molecule has 1 fully saturated rings. The van der Waals surface area contributed by atoms with Gasteiger partial charge in [-0.25, -0.2) is 9.69 Å². The largest absolute Gasteiger partial charge is 0.389 e. The third-order valence-electron chi connectivity index (χ3n) is 6.38. The lowest BCUT2D eigenvalue weighted by Gasteiger charge is -2.32. The molecule has 1 saturated heterocycles. The van der Waals surface area contributed by atoms with E-state index in [0.717, 1.165) is 21.0 Å². The van der Waals surface area contributed by atoms with E-state index >= 15 is 0 Å². The fourth-order valence-electron chi connectivity index (χ4n) is 4.40. The van der Waals surface area contributed by atoms with Gasteiger partial charge in [-0.1, -0.05) is 59.9 Å². The summed E-state index contributed by atoms with van der Waals surface area (Å²) in [6.07, 6.45) is 2.99. The van der Waals surface area contributed by atoms with E-state index in [1.54, 1.807) is 41.3 Å². The third-order valence-corrected chi connectivity index (χ3v) is 8.62. The molecule has 1 unspecified atom stereocenters. The van der Waals surface area contributed by atoms with E-state index < -0.39 is 31.7 Å². The lowest BCUT2D eigenvalue weighted by Crippen LogP contribution is -2.53. The molecule has 2 atom stereocenters. The lowest BCUT2D eigenvalue weighted by atomic mass is 9.89. The van der Waals surface area contributed by atoms with Gasteiger partial charge >= 0.3 is 6.03 Å². The number of benzene rings is 1. The van der Waals surface area contributed by atoms with E-state index in [9.17, 15) is 19.5 Å². The van der Waals surface area contributed by atoms with Crippen LogP contribution in [0, 0.1) is 0 Å². The summed E-state index contributed by atoms with van der Waals surface area (Å²) in [6, 6.07) is 7.54. The number of amides is 4. The molecule has 34 heavy (non-hydrogen) atoms. The first-order chi connectivity index (χ1) is 16.0. The van der Waals surface area contributed by atoms with Crippen LogP contribution >= 0.6 is 15.9 Å². The first kappa shape index (κ1) is 24.8. The predicted octanol–water partition coefficient (Wildman–Crippen LogP) is 2.97. The summed E-state index contributed by atoms with van der Waals surface area (Å²) in [5, 5.41) is 12.8. The molecule has 182 valence electrons. The summed E-state index contributed by atoms with van der Waals surface area (Å²) in [5.41, 5.74) is 0.563. The second-order valence-electron chi connectivity index (χ2n) is 10.2. The number of imide groups is 1. The van der Waals surface area contributed by atoms with Gasteiger partial charge in [0.25, 0.3) is 11.8 Å². The fourth-order valence-corrected chi connectivity index (χ4v) is 5.42. The molecule has 2 heterocycles. The minimum atomic E-state index is -1.42. The Balaban J connectivity index is 1.57. The molecule has 0 bridgehead atoms. The minimum absolute atomic E-state index is 0.0135. The number of ether oxygens (including phenoxy) is 1. The number of urea groups is 1. The standard InChI is InChI=1S/C24H30BrN3O5Si/c1-34(2,3)11-10-33-15-28-22(31)24(26-23(28)32,17-5-7-18(25)8-6-17)14-27-13-16-4-9-19(29)12-20(16)21(27)30/h4-9,19,29H,10-15H2,1-3H3,(H,26,32)/t19?,24-/m0/s1. The summed E-state index contributed by atoms with van der Waals surface area (Å²) >= 11 is 3.41. The number of aliphatic hydroxyl groups excluding tert-OH is 1. The molecule has 1 aromatic rings. The molecule has 10 heteroatoms. The SMILES string of the molecule is C[Si](C)(C)CCOCN1C(=O)N[C@@](CN2CC3=C(CC(O)C=C3)C2=O)(c2ccc(Br)cc2)C1=O. The van der Waals surface area contributed by atoms with Crippen LogP contribution in [0.15, 0.2) is 52.0 Å². The number of aliphatic hydroxyl groups is 1. The zero-order valence-electron chi connectivity index (χ0n) is 19.6. The number of nitrogens with zero attached hydrogens (tertiary/aromatic N) is 2. The van der Waals surface area contributed by atoms with Crippen LogP contribution in [-0.2, 0) is 19.9 Å². The molecule has 4 rings (SSSR count). The van der Waals surface area contributed by atoms with Crippen LogP contribution in [-0.4, -0.2) is 73.4 Å². The van der Waals surface area contributed by atoms with Gasteiger partial charge in [0.2, 0.25) is 0 Å². The maximum Gasteiger partial charge on any atom is 0.327 e. The molecule has 1 aromatic carbocycles. The highest BCUT2D eigenvalue weighted by molar-refractivity contribution is 9.10. The van der Waals surface area contributed by atoms with E-state index in [2.05, 4.69) is 40.9 Å². The van der Waals surface area contributed by atoms with E-state index in [-0.39, 0.29) is 25.6 Å². The third kappa shape index (κ3) is 4.90. The van der Waals surface area contributed by atoms with Crippen LogP contribution in [0.25, 0.3) is 0 Å². The Morgan fingerprint density at radius 2 is 1.91 bits per heavy atom. The summed E-state index contributed by atoms with van der Waals surface area (Å²) in [5.74, 6) is -0.664. The first-order valence-electron chi connectivity index (χ1n) is 11.4. The van der Waals surface area contributed by atoms with Gasteiger partial charge in [0, 0.05) is 37.7 Å². The quantitative estimate of drug-likeness (QED) is 0.296. The average molecular weight is 549 g/mol. The van der Waals surface area contributed by atoms with E-state index in [1.807, 2.05) is 0 Å². The van der Waals surface area contributed by atoms with Crippen LogP contribution in [0.4, 0.5) is 4.79 Å². The molecule has 0 saturated carbocycles. The van der Waals surface area contributed by atoms with Crippen LogP contribution < -0.4 is 5.32 Å². The van der Waals surface area contributed by atoms with Gasteiger partial charge in [-0.3, -0.25) is 9.59 Å². The number of halogens is 1. The minimum Gasteiger partial charge on any atom is -0.389 e. The van der Waals surface area contributed by atoms with Crippen molar-refractivity contribution in [2.45, 2.75) is 43.7 Å². The maximum atomic E-state index is 13.7. The Morgan fingerprint density at radius 1 is 1.21 bits per heavy atom. The highest BCUT2D eigenvalue weighted by Gasteiger charge is 2.54. The summed E-state index contributed by atoms with van der Waals surface area (Å²) in [6.45, 7) is 7.36. The number of hydrogen-bond donors (Lipinski definition) is 2. The van der Waals surface area contributed by atoms with Crippen LogP contribution in [0.5, 0.6) is 0 Å². The lowest BCUT2D eigenvalue weighted by molar-refractivity contribution is -0.137. The molecular formula is C24H30BrN3O5Si. The second-order valence-corrected chi connectivity index (χ2v) is 16.8. The molecule has 8 nitrogen and oxygen atoms in total. The van der Waals surface area contributed by atoms with E-state index in [0.29, 0.717) is 24.3 Å². The zero-order valence-corrected chi connectivity index (χ0v) is 22.2. The highest BCUT2D eigenvalue weighted by Crippen LogP contribution is 2.35. The van der Waals surface area contributed by atoms with Crippen molar-refractivity contribution in [3.05, 3.63) is 57.6 Å². The van der Waals surface area contributed by atoms with Crippen molar-refractivity contribution in [1.29, 1.82) is 0 Å². The smallest absolute Gasteiger partial charge is 0.327 e. The van der Waals surface area contributed by atoms with Crippen LogP contribution in [0.2, 0.25) is 25.7 Å². The fraction of sp³-hybridized carbons (Fsp3) is 0.458. The zero-order chi connectivity index (χ0) is 24.7. The van der Waals surface area contributed by atoms with Crippen LogP contribution in [0.3, 0.4) is 0 Å². The Labute approximate surface area is 208 Å².